The van der Waals surface area contributed by atoms with E-state index in [-0.39, 0.29) is 53.3 Å². The van der Waals surface area contributed by atoms with E-state index in [1.807, 2.05) is 77.4 Å². The van der Waals surface area contributed by atoms with Crippen LogP contribution >= 0.6 is 0 Å². The molecule has 0 unspecified atom stereocenters. The summed E-state index contributed by atoms with van der Waals surface area (Å²) < 4.78 is 15.0. The van der Waals surface area contributed by atoms with Gasteiger partial charge < -0.3 is 24.0 Å². The van der Waals surface area contributed by atoms with Crippen LogP contribution in [-0.4, -0.2) is 29.5 Å². The molecule has 0 N–H and O–H groups in total. The second-order valence-corrected chi connectivity index (χ2v) is 12.7. The van der Waals surface area contributed by atoms with Gasteiger partial charge in [-0.3, -0.25) is 0 Å². The number of fused-ring (bicyclic) bond motifs is 3. The second-order valence-electron chi connectivity index (χ2n) is 12.7. The number of ether oxygens (including phenoxy) is 2. The van der Waals surface area contributed by atoms with Crippen molar-refractivity contribution in [1.29, 1.82) is 0 Å². The molecule has 8 nitrogen and oxygen atoms in total. The first-order valence-electron chi connectivity index (χ1n) is 16.8. The van der Waals surface area contributed by atoms with Crippen molar-refractivity contribution in [3.63, 3.8) is 0 Å². The van der Waals surface area contributed by atoms with Gasteiger partial charge >= 0.3 is 41.5 Å². The number of aromatic nitrogens is 6. The van der Waals surface area contributed by atoms with Gasteiger partial charge in [0.05, 0.1) is 0 Å². The maximum absolute atomic E-state index is 6.50. The Labute approximate surface area is 336 Å². The molecule has 0 radical (unpaired) electrons. The van der Waals surface area contributed by atoms with Crippen molar-refractivity contribution >= 4 is 21.8 Å². The maximum Gasteiger partial charge on any atom is 2.00 e. The average molecular weight is 966 g/mol. The van der Waals surface area contributed by atoms with Gasteiger partial charge in [0.25, 0.3) is 0 Å². The maximum atomic E-state index is 6.50. The number of hydrogen-bond donors (Lipinski definition) is 0. The van der Waals surface area contributed by atoms with Crippen molar-refractivity contribution in [2.45, 2.75) is 39.5 Å². The molecule has 0 aliphatic rings. The molecule has 0 fully saturated rings. The van der Waals surface area contributed by atoms with Gasteiger partial charge in [-0.05, 0) is 35.4 Å². The quantitative estimate of drug-likeness (QED) is 0.105. The van der Waals surface area contributed by atoms with E-state index in [4.69, 9.17) is 9.47 Å². The van der Waals surface area contributed by atoms with Crippen LogP contribution in [0.15, 0.2) is 110 Å². The molecule has 0 aliphatic heterocycles. The van der Waals surface area contributed by atoms with E-state index in [9.17, 15) is 0 Å². The monoisotopic (exact) mass is 965 g/mol. The third kappa shape index (κ3) is 7.70. The van der Waals surface area contributed by atoms with E-state index in [0.717, 1.165) is 55.4 Å². The first kappa shape index (κ1) is 37.7. The molecule has 0 saturated carbocycles. The SMILES string of the molecule is CC(C)c1cc(Oc2[c-]c(-c3ccccn3)ccc2)[c-]c2c1c1c(C(C)C)cc(Oc3[c-]c(-c4ccccn4)ccc3)[c-]c1n2-c1ncncn1.[Pd+2].[Pt+2]. The van der Waals surface area contributed by atoms with Crippen molar-refractivity contribution in [3.05, 3.63) is 145 Å². The Kier molecular flexibility index (Phi) is 11.6. The van der Waals surface area contributed by atoms with Gasteiger partial charge in [-0.25, -0.2) is 15.0 Å². The normalized spacial score (nSPS) is 11.1. The van der Waals surface area contributed by atoms with Crippen LogP contribution in [0.4, 0.5) is 0 Å². The van der Waals surface area contributed by atoms with Crippen molar-refractivity contribution < 1.29 is 51.0 Å². The van der Waals surface area contributed by atoms with Gasteiger partial charge in [0.2, 0.25) is 5.95 Å². The Hall–Kier alpha value is -5.06. The minimum Gasteiger partial charge on any atom is -0.503 e. The summed E-state index contributed by atoms with van der Waals surface area (Å²) in [7, 11) is 0. The molecular weight excluding hydrogens is 934 g/mol. The molecule has 4 heterocycles. The van der Waals surface area contributed by atoms with Gasteiger partial charge in [-0.1, -0.05) is 75.1 Å². The number of nitrogens with zero attached hydrogens (tertiary/aromatic N) is 6. The molecular formula is C43H32N6O2PdPt. The Morgan fingerprint density at radius 2 is 1.02 bits per heavy atom. The van der Waals surface area contributed by atoms with Gasteiger partial charge in [0.1, 0.15) is 12.7 Å². The molecule has 8 rings (SSSR count). The van der Waals surface area contributed by atoms with Crippen molar-refractivity contribution in [2.24, 2.45) is 0 Å². The summed E-state index contributed by atoms with van der Waals surface area (Å²) in [5.41, 5.74) is 7.02. The van der Waals surface area contributed by atoms with Gasteiger partial charge in [0.15, 0.2) is 0 Å². The van der Waals surface area contributed by atoms with Crippen LogP contribution < -0.4 is 9.47 Å². The molecule has 0 bridgehead atoms. The summed E-state index contributed by atoms with van der Waals surface area (Å²) in [6.45, 7) is 8.72. The molecule has 0 spiro atoms. The zero-order chi connectivity index (χ0) is 34.9. The zero-order valence-corrected chi connectivity index (χ0v) is 33.0. The zero-order valence-electron chi connectivity index (χ0n) is 29.2. The van der Waals surface area contributed by atoms with Crippen LogP contribution in [0.3, 0.4) is 0 Å². The van der Waals surface area contributed by atoms with E-state index in [1.54, 1.807) is 12.4 Å². The number of benzene rings is 4. The Morgan fingerprint density at radius 3 is 1.43 bits per heavy atom. The predicted octanol–water partition coefficient (Wildman–Crippen LogP) is 10.1. The predicted molar refractivity (Wildman–Crippen MR) is 197 cm³/mol. The molecule has 53 heavy (non-hydrogen) atoms. The molecule has 266 valence electrons. The van der Waals surface area contributed by atoms with E-state index < -0.39 is 0 Å². The third-order valence-electron chi connectivity index (χ3n) is 8.59. The summed E-state index contributed by atoms with van der Waals surface area (Å²) in [5.74, 6) is 2.92. The van der Waals surface area contributed by atoms with Crippen LogP contribution in [0.5, 0.6) is 23.0 Å². The average Bonchev–Trinajstić information content (AvgIpc) is 3.49. The standard InChI is InChI=1S/C43H32N6O2.Pd.Pt/c1-27(2)35-21-33(50-31-13-9-11-29(19-31)37-15-5-7-17-45-37)23-39-41(35)42-36(28(3)4)22-34(24-40(42)49(39)43-47-25-44-26-48-43)51-32-14-10-12-30(20-32)38-16-6-8-18-46-38;;/h5-18,21-22,25-28H,1-4H3;;/q-4;2*+2. The summed E-state index contributed by atoms with van der Waals surface area (Å²) in [5, 5.41) is 2.07. The van der Waals surface area contributed by atoms with Gasteiger partial charge in [0, 0.05) is 35.4 Å². The molecule has 0 saturated heterocycles. The number of pyridine rings is 2. The van der Waals surface area contributed by atoms with Crippen LogP contribution in [0.2, 0.25) is 0 Å². The third-order valence-corrected chi connectivity index (χ3v) is 8.59. The minimum atomic E-state index is 0. The Morgan fingerprint density at radius 1 is 0.547 bits per heavy atom. The molecule has 8 aromatic rings. The fourth-order valence-corrected chi connectivity index (χ4v) is 6.27. The molecule has 0 atom stereocenters. The van der Waals surface area contributed by atoms with Crippen molar-refractivity contribution in [1.82, 2.24) is 29.5 Å². The molecule has 4 aromatic carbocycles. The van der Waals surface area contributed by atoms with E-state index >= 15 is 0 Å². The van der Waals surface area contributed by atoms with E-state index in [0.29, 0.717) is 28.9 Å². The molecule has 10 heteroatoms. The largest absolute Gasteiger partial charge is 2.00 e. The van der Waals surface area contributed by atoms with E-state index in [1.165, 1.54) is 12.7 Å². The van der Waals surface area contributed by atoms with E-state index in [2.05, 4.69) is 89.0 Å². The number of rotatable bonds is 9. The summed E-state index contributed by atoms with van der Waals surface area (Å²) in [4.78, 5) is 22.2. The van der Waals surface area contributed by atoms with Crippen LogP contribution in [0.1, 0.15) is 50.7 Å². The minimum absolute atomic E-state index is 0. The van der Waals surface area contributed by atoms with Gasteiger partial charge in [-0.2, -0.15) is 21.9 Å². The first-order chi connectivity index (χ1) is 24.9. The summed E-state index contributed by atoms with van der Waals surface area (Å²) >= 11 is 0. The number of hydrogen-bond acceptors (Lipinski definition) is 7. The first-order valence-corrected chi connectivity index (χ1v) is 16.8. The van der Waals surface area contributed by atoms with Crippen LogP contribution in [-0.2, 0) is 41.5 Å². The fraction of sp³-hybridized carbons (Fsp3) is 0.140. The molecule has 0 aliphatic carbocycles. The van der Waals surface area contributed by atoms with Gasteiger partial charge in [-0.15, -0.1) is 71.8 Å². The molecule has 4 aromatic heterocycles. The summed E-state index contributed by atoms with van der Waals surface area (Å²) in [6, 6.07) is 41.2. The topological polar surface area (TPSA) is 87.8 Å². The van der Waals surface area contributed by atoms with Crippen LogP contribution in [0.25, 0.3) is 50.3 Å². The molecule has 0 amide bonds. The Bertz CT molecular complexity index is 2340. The van der Waals surface area contributed by atoms with Crippen molar-refractivity contribution in [3.8, 4) is 51.5 Å². The second kappa shape index (κ2) is 16.3. The summed E-state index contributed by atoms with van der Waals surface area (Å²) in [6.07, 6.45) is 6.51. The Balaban J connectivity index is 0.00000240. The van der Waals surface area contributed by atoms with Crippen LogP contribution in [0, 0.1) is 24.3 Å². The van der Waals surface area contributed by atoms with Crippen molar-refractivity contribution in [2.75, 3.05) is 0 Å². The fourth-order valence-electron chi connectivity index (χ4n) is 6.27. The smallest absolute Gasteiger partial charge is 0.503 e.